The maximum atomic E-state index is 5.01. The van der Waals surface area contributed by atoms with Gasteiger partial charge in [0.15, 0.2) is 5.82 Å². The summed E-state index contributed by atoms with van der Waals surface area (Å²) < 4.78 is 6.97. The van der Waals surface area contributed by atoms with E-state index >= 15 is 0 Å². The van der Waals surface area contributed by atoms with E-state index in [1.54, 1.807) is 7.11 Å². The van der Waals surface area contributed by atoms with Crippen LogP contribution >= 0.6 is 0 Å². The molecule has 0 aliphatic heterocycles. The Kier molecular flexibility index (Phi) is 4.03. The van der Waals surface area contributed by atoms with Crippen LogP contribution in [0, 0.1) is 0 Å². The quantitative estimate of drug-likeness (QED) is 0.787. The summed E-state index contributed by atoms with van der Waals surface area (Å²) in [4.78, 5) is 0. The summed E-state index contributed by atoms with van der Waals surface area (Å²) in [5.74, 6) is 0.888. The highest BCUT2D eigenvalue weighted by Crippen LogP contribution is 2.29. The zero-order chi connectivity index (χ0) is 13.8. The van der Waals surface area contributed by atoms with Crippen molar-refractivity contribution in [1.82, 2.24) is 25.5 Å². The molecule has 0 fully saturated rings. The minimum absolute atomic E-state index is 0.335. The van der Waals surface area contributed by atoms with Gasteiger partial charge >= 0.3 is 0 Å². The number of nitrogens with one attached hydrogen (secondary N) is 1. The third kappa shape index (κ3) is 2.71. The topological polar surface area (TPSA) is 64.9 Å². The van der Waals surface area contributed by atoms with Gasteiger partial charge in [-0.15, -0.1) is 5.10 Å². The first-order valence-electron chi connectivity index (χ1n) is 6.91. The average molecular weight is 273 g/mol. The van der Waals surface area contributed by atoms with Crippen LogP contribution < -0.4 is 5.32 Å². The highest BCUT2D eigenvalue weighted by atomic mass is 16.5. The Morgan fingerprint density at radius 3 is 2.75 bits per heavy atom. The van der Waals surface area contributed by atoms with Crippen LogP contribution in [0.3, 0.4) is 0 Å². The third-order valence-electron chi connectivity index (χ3n) is 3.70. The van der Waals surface area contributed by atoms with Gasteiger partial charge in [0.05, 0.1) is 19.2 Å². The van der Waals surface area contributed by atoms with E-state index in [0.717, 1.165) is 25.2 Å². The van der Waals surface area contributed by atoms with Gasteiger partial charge in [0.1, 0.15) is 0 Å². The molecule has 1 aliphatic carbocycles. The van der Waals surface area contributed by atoms with Crippen LogP contribution in [-0.2, 0) is 24.1 Å². The summed E-state index contributed by atoms with van der Waals surface area (Å²) in [5.41, 5.74) is 2.82. The molecule has 0 saturated carbocycles. The maximum absolute atomic E-state index is 5.01. The molecule has 1 heterocycles. The molecule has 106 valence electrons. The Morgan fingerprint density at radius 2 is 2.05 bits per heavy atom. The highest BCUT2D eigenvalue weighted by Gasteiger charge is 2.25. The Bertz CT molecular complexity index is 543. The van der Waals surface area contributed by atoms with Gasteiger partial charge in [0.25, 0.3) is 0 Å². The van der Waals surface area contributed by atoms with Crippen LogP contribution in [0.25, 0.3) is 0 Å². The minimum atomic E-state index is 0.335. The van der Waals surface area contributed by atoms with Gasteiger partial charge in [0, 0.05) is 13.7 Å². The zero-order valence-corrected chi connectivity index (χ0v) is 11.6. The monoisotopic (exact) mass is 273 g/mol. The molecule has 1 aromatic heterocycles. The van der Waals surface area contributed by atoms with E-state index in [-0.39, 0.29) is 0 Å². The van der Waals surface area contributed by atoms with Crippen LogP contribution in [0.4, 0.5) is 0 Å². The molecule has 0 atom stereocenters. The van der Waals surface area contributed by atoms with Gasteiger partial charge in [-0.2, -0.15) is 0 Å². The predicted octanol–water partition coefficient (Wildman–Crippen LogP) is 0.749. The second-order valence-electron chi connectivity index (χ2n) is 5.04. The van der Waals surface area contributed by atoms with Crippen LogP contribution in [0.5, 0.6) is 0 Å². The molecule has 6 heteroatoms. The Labute approximate surface area is 118 Å². The number of nitrogens with zero attached hydrogens (tertiary/aromatic N) is 4. The first-order valence-corrected chi connectivity index (χ1v) is 6.91. The van der Waals surface area contributed by atoms with Crippen molar-refractivity contribution in [1.29, 1.82) is 0 Å². The van der Waals surface area contributed by atoms with Crippen molar-refractivity contribution in [2.45, 2.75) is 25.4 Å². The van der Waals surface area contributed by atoms with Gasteiger partial charge in [-0.25, -0.2) is 4.68 Å². The first kappa shape index (κ1) is 13.2. The minimum Gasteiger partial charge on any atom is -0.383 e. The Balaban J connectivity index is 1.66. The average Bonchev–Trinajstić information content (AvgIpc) is 3.09. The summed E-state index contributed by atoms with van der Waals surface area (Å²) in [6, 6.07) is 8.90. The van der Waals surface area contributed by atoms with Crippen molar-refractivity contribution in [3.8, 4) is 0 Å². The third-order valence-corrected chi connectivity index (χ3v) is 3.70. The van der Waals surface area contributed by atoms with Gasteiger partial charge in [-0.05, 0) is 34.4 Å². The lowest BCUT2D eigenvalue weighted by molar-refractivity contribution is 0.198. The molecule has 0 saturated heterocycles. The number of methoxy groups -OCH3 is 1. The first-order chi connectivity index (χ1) is 9.88. The number of aromatic nitrogens is 4. The van der Waals surface area contributed by atoms with E-state index in [9.17, 15) is 0 Å². The van der Waals surface area contributed by atoms with Crippen molar-refractivity contribution >= 4 is 0 Å². The SMILES string of the molecule is COCCNCc1nnnn1C1Cc2ccccc2C1. The Hall–Kier alpha value is -1.79. The molecule has 6 nitrogen and oxygen atoms in total. The van der Waals surface area contributed by atoms with Crippen molar-refractivity contribution in [3.63, 3.8) is 0 Å². The maximum Gasteiger partial charge on any atom is 0.165 e. The number of benzene rings is 1. The Morgan fingerprint density at radius 1 is 1.30 bits per heavy atom. The lowest BCUT2D eigenvalue weighted by Gasteiger charge is -2.11. The molecule has 1 aliphatic rings. The fraction of sp³-hybridized carbons (Fsp3) is 0.500. The van der Waals surface area contributed by atoms with E-state index in [4.69, 9.17) is 4.74 Å². The van der Waals surface area contributed by atoms with Gasteiger partial charge < -0.3 is 10.1 Å². The van der Waals surface area contributed by atoms with Crippen molar-refractivity contribution < 1.29 is 4.74 Å². The van der Waals surface area contributed by atoms with Crippen molar-refractivity contribution in [2.24, 2.45) is 0 Å². The summed E-state index contributed by atoms with van der Waals surface area (Å²) in [6.07, 6.45) is 2.01. The number of tetrazole rings is 1. The highest BCUT2D eigenvalue weighted by molar-refractivity contribution is 5.32. The molecule has 0 bridgehead atoms. The normalized spacial score (nSPS) is 14.7. The second-order valence-corrected chi connectivity index (χ2v) is 5.04. The summed E-state index contributed by atoms with van der Waals surface area (Å²) >= 11 is 0. The molecular weight excluding hydrogens is 254 g/mol. The van der Waals surface area contributed by atoms with Crippen molar-refractivity contribution in [3.05, 3.63) is 41.2 Å². The molecule has 0 radical (unpaired) electrons. The zero-order valence-electron chi connectivity index (χ0n) is 11.6. The molecule has 2 aromatic rings. The lowest BCUT2D eigenvalue weighted by atomic mass is 10.1. The fourth-order valence-corrected chi connectivity index (χ4v) is 2.70. The van der Waals surface area contributed by atoms with E-state index in [0.29, 0.717) is 19.2 Å². The number of ether oxygens (including phenoxy) is 1. The molecule has 3 rings (SSSR count). The summed E-state index contributed by atoms with van der Waals surface area (Å²) in [5, 5.41) is 15.4. The van der Waals surface area contributed by atoms with Gasteiger partial charge in [-0.3, -0.25) is 0 Å². The van der Waals surface area contributed by atoms with Crippen molar-refractivity contribution in [2.75, 3.05) is 20.3 Å². The molecule has 1 aromatic carbocycles. The van der Waals surface area contributed by atoms with E-state index in [2.05, 4.69) is 45.1 Å². The van der Waals surface area contributed by atoms with E-state index in [1.807, 2.05) is 4.68 Å². The summed E-state index contributed by atoms with van der Waals surface area (Å²) in [7, 11) is 1.70. The smallest absolute Gasteiger partial charge is 0.165 e. The number of hydrogen-bond donors (Lipinski definition) is 1. The van der Waals surface area contributed by atoms with Crippen LogP contribution in [0.1, 0.15) is 23.0 Å². The van der Waals surface area contributed by atoms with Gasteiger partial charge in [-0.1, -0.05) is 24.3 Å². The molecule has 20 heavy (non-hydrogen) atoms. The van der Waals surface area contributed by atoms with Crippen LogP contribution in [0.2, 0.25) is 0 Å². The standard InChI is InChI=1S/C14H19N5O/c1-20-7-6-15-10-14-16-17-18-19(14)13-8-11-4-2-3-5-12(11)9-13/h2-5,13,15H,6-10H2,1H3. The molecule has 0 spiro atoms. The van der Waals surface area contributed by atoms with Gasteiger partial charge in [0.2, 0.25) is 0 Å². The molecular formula is C14H19N5O. The largest absolute Gasteiger partial charge is 0.383 e. The van der Waals surface area contributed by atoms with Crippen LogP contribution in [0.15, 0.2) is 24.3 Å². The fourth-order valence-electron chi connectivity index (χ4n) is 2.70. The number of rotatable bonds is 6. The second kappa shape index (κ2) is 6.11. The lowest BCUT2D eigenvalue weighted by Crippen LogP contribution is -2.23. The molecule has 0 amide bonds. The predicted molar refractivity (Wildman–Crippen MR) is 74.3 cm³/mol. The number of fused-ring (bicyclic) bond motifs is 1. The molecule has 1 N–H and O–H groups in total. The number of hydrogen-bond acceptors (Lipinski definition) is 5. The summed E-state index contributed by atoms with van der Waals surface area (Å²) in [6.45, 7) is 2.16. The molecule has 0 unspecified atom stereocenters. The van der Waals surface area contributed by atoms with E-state index in [1.165, 1.54) is 11.1 Å². The van der Waals surface area contributed by atoms with Crippen LogP contribution in [-0.4, -0.2) is 40.5 Å². The van der Waals surface area contributed by atoms with E-state index < -0.39 is 0 Å².